The molecule has 9 heteroatoms. The zero-order chi connectivity index (χ0) is 24.0. The number of carbonyl (C=O) groups is 2. The highest BCUT2D eigenvalue weighted by atomic mass is 35.5. The van der Waals surface area contributed by atoms with E-state index in [9.17, 15) is 13.8 Å². The van der Waals surface area contributed by atoms with Gasteiger partial charge in [-0.15, -0.1) is 0 Å². The number of ether oxygens (including phenoxy) is 1. The van der Waals surface area contributed by atoms with Crippen molar-refractivity contribution in [1.29, 1.82) is 0 Å². The Labute approximate surface area is 199 Å². The van der Waals surface area contributed by atoms with Crippen molar-refractivity contribution in [3.63, 3.8) is 0 Å². The van der Waals surface area contributed by atoms with Gasteiger partial charge in [-0.25, -0.2) is 9.00 Å². The average molecular weight is 487 g/mol. The Morgan fingerprint density at radius 1 is 1.09 bits per heavy atom. The summed E-state index contributed by atoms with van der Waals surface area (Å²) in [5, 5.41) is 12.4. The van der Waals surface area contributed by atoms with Crippen LogP contribution in [0.25, 0.3) is 0 Å². The number of anilines is 1. The molecule has 0 aliphatic rings. The Balaban J connectivity index is 1.86. The van der Waals surface area contributed by atoms with Crippen molar-refractivity contribution in [2.75, 3.05) is 18.0 Å². The fraction of sp³-hybridized carbons (Fsp3) is 0.167. The molecule has 0 fully saturated rings. The molecule has 0 saturated heterocycles. The van der Waals surface area contributed by atoms with Crippen LogP contribution < -0.4 is 14.4 Å². The summed E-state index contributed by atoms with van der Waals surface area (Å²) in [5.74, 6) is -0.997. The van der Waals surface area contributed by atoms with Gasteiger partial charge >= 0.3 is 5.97 Å². The lowest BCUT2D eigenvalue weighted by Crippen LogP contribution is -2.38. The summed E-state index contributed by atoms with van der Waals surface area (Å²) in [4.78, 5) is 24.4. The summed E-state index contributed by atoms with van der Waals surface area (Å²) < 4.78 is 20.4. The van der Waals surface area contributed by atoms with Crippen molar-refractivity contribution in [3.8, 4) is 5.75 Å². The van der Waals surface area contributed by atoms with Gasteiger partial charge in [0, 0.05) is 11.6 Å². The number of benzene rings is 3. The van der Waals surface area contributed by atoms with E-state index in [4.69, 9.17) is 21.4 Å². The highest BCUT2D eigenvalue weighted by Crippen LogP contribution is 2.31. The van der Waals surface area contributed by atoms with Gasteiger partial charge in [0.15, 0.2) is 11.0 Å². The monoisotopic (exact) mass is 486 g/mol. The van der Waals surface area contributed by atoms with Crippen LogP contribution in [0.2, 0.25) is 5.02 Å². The van der Waals surface area contributed by atoms with Crippen molar-refractivity contribution in [2.45, 2.75) is 18.4 Å². The van der Waals surface area contributed by atoms with Crippen LogP contribution in [-0.4, -0.2) is 34.8 Å². The predicted molar refractivity (Wildman–Crippen MR) is 128 cm³/mol. The maximum Gasteiger partial charge on any atom is 0.335 e. The Bertz CT molecular complexity index is 1200. The normalized spacial score (nSPS) is 11.5. The van der Waals surface area contributed by atoms with E-state index in [1.54, 1.807) is 61.5 Å². The molecule has 0 aliphatic heterocycles. The number of halogens is 1. The SMILES string of the molecule is COc1ccccc1S(=O)N(CC(=O)NCc1cccc(C(=O)O)c1)c1cccc(Cl)c1C. The van der Waals surface area contributed by atoms with Crippen LogP contribution in [0.3, 0.4) is 0 Å². The summed E-state index contributed by atoms with van der Waals surface area (Å²) >= 11 is 6.29. The minimum atomic E-state index is -1.77. The highest BCUT2D eigenvalue weighted by molar-refractivity contribution is 7.86. The van der Waals surface area contributed by atoms with Gasteiger partial charge in [0.05, 0.1) is 18.4 Å². The second-order valence-corrected chi connectivity index (χ2v) is 8.89. The van der Waals surface area contributed by atoms with Gasteiger partial charge in [-0.05, 0) is 54.4 Å². The fourth-order valence-electron chi connectivity index (χ4n) is 3.18. The highest BCUT2D eigenvalue weighted by Gasteiger charge is 2.24. The van der Waals surface area contributed by atoms with Gasteiger partial charge in [-0.1, -0.05) is 41.9 Å². The minimum Gasteiger partial charge on any atom is -0.495 e. The van der Waals surface area contributed by atoms with Crippen molar-refractivity contribution >= 4 is 40.2 Å². The molecule has 0 aromatic heterocycles. The van der Waals surface area contributed by atoms with Crippen LogP contribution >= 0.6 is 11.6 Å². The molecule has 3 aromatic rings. The molecule has 33 heavy (non-hydrogen) atoms. The van der Waals surface area contributed by atoms with Gasteiger partial charge in [0.25, 0.3) is 0 Å². The lowest BCUT2D eigenvalue weighted by molar-refractivity contribution is -0.119. The molecule has 172 valence electrons. The number of amides is 1. The van der Waals surface area contributed by atoms with E-state index < -0.39 is 22.9 Å². The summed E-state index contributed by atoms with van der Waals surface area (Å²) in [5.41, 5.74) is 2.01. The molecule has 1 amide bonds. The van der Waals surface area contributed by atoms with E-state index in [0.717, 1.165) is 0 Å². The topological polar surface area (TPSA) is 95.9 Å². The number of carboxylic acid groups (broad SMARTS) is 1. The fourth-order valence-corrected chi connectivity index (χ4v) is 4.72. The first-order chi connectivity index (χ1) is 15.8. The molecule has 3 rings (SSSR count). The number of aromatic carboxylic acids is 1. The summed E-state index contributed by atoms with van der Waals surface area (Å²) in [7, 11) is -0.280. The van der Waals surface area contributed by atoms with Crippen LogP contribution in [0.5, 0.6) is 5.75 Å². The first kappa shape index (κ1) is 24.3. The minimum absolute atomic E-state index is 0.129. The van der Waals surface area contributed by atoms with Crippen LogP contribution in [0.4, 0.5) is 5.69 Å². The molecule has 7 nitrogen and oxygen atoms in total. The van der Waals surface area contributed by atoms with Gasteiger partial charge in [-0.2, -0.15) is 0 Å². The summed E-state index contributed by atoms with van der Waals surface area (Å²) in [6, 6.07) is 18.4. The second kappa shape index (κ2) is 11.0. The third-order valence-electron chi connectivity index (χ3n) is 4.92. The molecule has 0 spiro atoms. The Morgan fingerprint density at radius 2 is 1.82 bits per heavy atom. The first-order valence-electron chi connectivity index (χ1n) is 9.98. The smallest absolute Gasteiger partial charge is 0.335 e. The zero-order valence-electron chi connectivity index (χ0n) is 18.1. The molecule has 0 aliphatic carbocycles. The van der Waals surface area contributed by atoms with Gasteiger partial charge in [0.2, 0.25) is 5.91 Å². The molecule has 0 radical (unpaired) electrons. The van der Waals surface area contributed by atoms with Crippen molar-refractivity contribution in [2.24, 2.45) is 0 Å². The summed E-state index contributed by atoms with van der Waals surface area (Å²) in [6.45, 7) is 1.70. The van der Waals surface area contributed by atoms with Gasteiger partial charge in [-0.3, -0.25) is 9.10 Å². The third kappa shape index (κ3) is 5.91. The Kier molecular flexibility index (Phi) is 8.08. The number of methoxy groups -OCH3 is 1. The van der Waals surface area contributed by atoms with Crippen molar-refractivity contribution < 1.29 is 23.6 Å². The Morgan fingerprint density at radius 3 is 2.55 bits per heavy atom. The first-order valence-corrected chi connectivity index (χ1v) is 11.5. The molecular weight excluding hydrogens is 464 g/mol. The number of para-hydroxylation sites is 1. The van der Waals surface area contributed by atoms with E-state index in [2.05, 4.69) is 5.32 Å². The van der Waals surface area contributed by atoms with Crippen LogP contribution in [0.15, 0.2) is 71.6 Å². The second-order valence-electron chi connectivity index (χ2n) is 7.10. The number of hydrogen-bond acceptors (Lipinski definition) is 4. The van der Waals surface area contributed by atoms with E-state index in [1.165, 1.54) is 23.5 Å². The third-order valence-corrected chi connectivity index (χ3v) is 6.77. The number of carbonyl (C=O) groups excluding carboxylic acids is 1. The van der Waals surface area contributed by atoms with Gasteiger partial charge in [0.1, 0.15) is 17.2 Å². The molecular formula is C24H23ClN2O5S. The Hall–Kier alpha value is -3.36. The quantitative estimate of drug-likeness (QED) is 0.472. The standard InChI is InChI=1S/C24H23ClN2O5S/c1-16-19(25)9-6-10-20(16)27(33(31)22-12-4-3-11-21(22)32-2)15-23(28)26-14-17-7-5-8-18(13-17)24(29)30/h3-13H,14-15H2,1-2H3,(H,26,28)(H,29,30). The number of nitrogens with one attached hydrogen (secondary N) is 1. The lowest BCUT2D eigenvalue weighted by Gasteiger charge is -2.25. The molecule has 0 bridgehead atoms. The molecule has 0 saturated carbocycles. The average Bonchev–Trinajstić information content (AvgIpc) is 2.83. The molecule has 1 unspecified atom stereocenters. The maximum absolute atomic E-state index is 13.6. The predicted octanol–water partition coefficient (Wildman–Crippen LogP) is 4.20. The number of nitrogens with zero attached hydrogens (tertiary/aromatic N) is 1. The number of rotatable bonds is 9. The van der Waals surface area contributed by atoms with E-state index in [1.807, 2.05) is 0 Å². The molecule has 1 atom stereocenters. The molecule has 3 aromatic carbocycles. The van der Waals surface area contributed by atoms with Crippen molar-refractivity contribution in [3.05, 3.63) is 88.4 Å². The van der Waals surface area contributed by atoms with E-state index >= 15 is 0 Å². The maximum atomic E-state index is 13.6. The van der Waals surface area contributed by atoms with E-state index in [0.29, 0.717) is 32.5 Å². The number of carboxylic acids is 1. The van der Waals surface area contributed by atoms with Gasteiger partial charge < -0.3 is 15.2 Å². The van der Waals surface area contributed by atoms with E-state index in [-0.39, 0.29) is 18.7 Å². The van der Waals surface area contributed by atoms with Crippen molar-refractivity contribution in [1.82, 2.24) is 5.32 Å². The number of hydrogen-bond donors (Lipinski definition) is 2. The molecule has 0 heterocycles. The van der Waals surface area contributed by atoms with Crippen LogP contribution in [0, 0.1) is 6.92 Å². The molecule has 2 N–H and O–H groups in total. The zero-order valence-corrected chi connectivity index (χ0v) is 19.7. The largest absolute Gasteiger partial charge is 0.495 e. The van der Waals surface area contributed by atoms with Crippen LogP contribution in [-0.2, 0) is 22.3 Å². The van der Waals surface area contributed by atoms with Crippen LogP contribution in [0.1, 0.15) is 21.5 Å². The lowest BCUT2D eigenvalue weighted by atomic mass is 10.1. The summed E-state index contributed by atoms with van der Waals surface area (Å²) in [6.07, 6.45) is 0.